The van der Waals surface area contributed by atoms with Crippen molar-refractivity contribution in [3.05, 3.63) is 0 Å². The van der Waals surface area contributed by atoms with Crippen molar-refractivity contribution < 1.29 is 22.4 Å². The summed E-state index contributed by atoms with van der Waals surface area (Å²) in [6.45, 7) is 1.77. The second-order valence-corrected chi connectivity index (χ2v) is 3.52. The molecule has 66 valence electrons. The lowest BCUT2D eigenvalue weighted by molar-refractivity contribution is -0.210. The molecule has 0 N–H and O–H groups in total. The van der Waals surface area contributed by atoms with Crippen molar-refractivity contribution in [3.8, 4) is 0 Å². The van der Waals surface area contributed by atoms with Crippen molar-refractivity contribution in [3.63, 3.8) is 0 Å². The number of hydrogen-bond donors (Lipinski definition) is 0. The minimum Gasteiger partial charge on any atom is -0.282 e. The largest absolute Gasteiger partial charge is 0.343 e. The fraction of sp³-hybridized carbons (Fsp3) is 0.800. The number of carbonyl (C=O) groups is 1. The van der Waals surface area contributed by atoms with Crippen LogP contribution in [0, 0.1) is 0 Å². The van der Waals surface area contributed by atoms with Crippen LogP contribution in [0.4, 0.5) is 0 Å². The van der Waals surface area contributed by atoms with Crippen LogP contribution in [0.3, 0.4) is 0 Å². The number of carbonyl (C=O) groups excluding carboxylic acids is 1. The van der Waals surface area contributed by atoms with E-state index in [4.69, 9.17) is 0 Å². The standard InChI is InChI=1S/C5H10O5S/c1-3-4-5(6)9-10-11(2,7)8/h3-4H2,1-2H3. The summed E-state index contributed by atoms with van der Waals surface area (Å²) in [6.07, 6.45) is 1.54. The highest BCUT2D eigenvalue weighted by Crippen LogP contribution is 1.94. The van der Waals surface area contributed by atoms with E-state index in [1.807, 2.05) is 0 Å². The third-order valence-electron chi connectivity index (χ3n) is 0.705. The van der Waals surface area contributed by atoms with Crippen LogP contribution in [0.25, 0.3) is 0 Å². The van der Waals surface area contributed by atoms with Crippen LogP contribution < -0.4 is 0 Å². The summed E-state index contributed by atoms with van der Waals surface area (Å²) in [7, 11) is -3.68. The fourth-order valence-corrected chi connectivity index (χ4v) is 0.545. The molecule has 0 rings (SSSR count). The molecule has 0 amide bonds. The zero-order valence-electron chi connectivity index (χ0n) is 6.36. The molecule has 0 unspecified atom stereocenters. The average molecular weight is 182 g/mol. The maximum absolute atomic E-state index is 10.5. The quantitative estimate of drug-likeness (QED) is 0.459. The monoisotopic (exact) mass is 182 g/mol. The Bertz CT molecular complexity index is 217. The predicted molar refractivity (Wildman–Crippen MR) is 36.9 cm³/mol. The Morgan fingerprint density at radius 2 is 2.00 bits per heavy atom. The zero-order valence-corrected chi connectivity index (χ0v) is 7.18. The molecular weight excluding hydrogens is 172 g/mol. The van der Waals surface area contributed by atoms with Crippen molar-refractivity contribution in [1.29, 1.82) is 0 Å². The van der Waals surface area contributed by atoms with Gasteiger partial charge < -0.3 is 0 Å². The van der Waals surface area contributed by atoms with E-state index in [9.17, 15) is 13.2 Å². The molecule has 11 heavy (non-hydrogen) atoms. The van der Waals surface area contributed by atoms with Gasteiger partial charge in [0.1, 0.15) is 0 Å². The van der Waals surface area contributed by atoms with Gasteiger partial charge in [-0.25, -0.2) is 4.79 Å². The highest BCUT2D eigenvalue weighted by molar-refractivity contribution is 7.85. The molecule has 0 aromatic carbocycles. The van der Waals surface area contributed by atoms with Crippen LogP contribution in [0.1, 0.15) is 19.8 Å². The van der Waals surface area contributed by atoms with Crippen LogP contribution in [0.2, 0.25) is 0 Å². The summed E-state index contributed by atoms with van der Waals surface area (Å²) in [6, 6.07) is 0. The van der Waals surface area contributed by atoms with Gasteiger partial charge in [-0.3, -0.25) is 4.89 Å². The zero-order chi connectivity index (χ0) is 8.91. The maximum atomic E-state index is 10.5. The van der Waals surface area contributed by atoms with E-state index in [0.29, 0.717) is 6.42 Å². The van der Waals surface area contributed by atoms with E-state index in [0.717, 1.165) is 6.26 Å². The van der Waals surface area contributed by atoms with Gasteiger partial charge in [0, 0.05) is 6.42 Å². The van der Waals surface area contributed by atoms with E-state index in [1.54, 1.807) is 6.92 Å². The molecule has 0 saturated carbocycles. The van der Waals surface area contributed by atoms with Crippen LogP contribution >= 0.6 is 0 Å². The molecule has 0 aliphatic rings. The van der Waals surface area contributed by atoms with Crippen molar-refractivity contribution in [2.45, 2.75) is 19.8 Å². The number of hydrogen-bond acceptors (Lipinski definition) is 5. The first-order valence-corrected chi connectivity index (χ1v) is 4.86. The van der Waals surface area contributed by atoms with Crippen LogP contribution in [0.15, 0.2) is 0 Å². The van der Waals surface area contributed by atoms with Gasteiger partial charge in [-0.15, -0.1) is 0 Å². The topological polar surface area (TPSA) is 69.7 Å². The van der Waals surface area contributed by atoms with Crippen molar-refractivity contribution in [2.75, 3.05) is 6.26 Å². The summed E-state index contributed by atoms with van der Waals surface area (Å²) in [4.78, 5) is 14.4. The van der Waals surface area contributed by atoms with E-state index in [1.165, 1.54) is 0 Å². The molecule has 0 bridgehead atoms. The molecule has 0 heterocycles. The minimum absolute atomic E-state index is 0.148. The fourth-order valence-electron chi connectivity index (χ4n) is 0.346. The summed E-state index contributed by atoms with van der Waals surface area (Å²) in [5, 5.41) is 0. The Morgan fingerprint density at radius 1 is 1.45 bits per heavy atom. The normalized spacial score (nSPS) is 11.1. The van der Waals surface area contributed by atoms with Gasteiger partial charge >= 0.3 is 5.97 Å². The molecule has 0 aliphatic carbocycles. The molecule has 0 radical (unpaired) electrons. The Balaban J connectivity index is 3.64. The lowest BCUT2D eigenvalue weighted by Gasteiger charge is -1.97. The highest BCUT2D eigenvalue weighted by atomic mass is 32.2. The lowest BCUT2D eigenvalue weighted by Crippen LogP contribution is -2.09. The van der Waals surface area contributed by atoms with Gasteiger partial charge in [0.2, 0.25) is 0 Å². The SMILES string of the molecule is CCCC(=O)OOS(C)(=O)=O. The van der Waals surface area contributed by atoms with Crippen LogP contribution in [-0.2, 0) is 24.1 Å². The van der Waals surface area contributed by atoms with E-state index < -0.39 is 16.1 Å². The Morgan fingerprint density at radius 3 is 2.36 bits per heavy atom. The number of rotatable bonds is 4. The lowest BCUT2D eigenvalue weighted by atomic mass is 10.3. The van der Waals surface area contributed by atoms with Crippen molar-refractivity contribution >= 4 is 16.1 Å². The van der Waals surface area contributed by atoms with Crippen LogP contribution in [0.5, 0.6) is 0 Å². The first kappa shape index (κ1) is 10.4. The van der Waals surface area contributed by atoms with Gasteiger partial charge in [0.15, 0.2) is 0 Å². The summed E-state index contributed by atoms with van der Waals surface area (Å²) in [5.74, 6) is -0.682. The second-order valence-electron chi connectivity index (χ2n) is 1.98. The predicted octanol–water partition coefficient (Wildman–Crippen LogP) is 0.221. The first-order valence-electron chi connectivity index (χ1n) is 3.04. The van der Waals surface area contributed by atoms with Crippen molar-refractivity contribution in [2.24, 2.45) is 0 Å². The molecule has 0 aromatic rings. The summed E-state index contributed by atoms with van der Waals surface area (Å²) in [5.41, 5.74) is 0. The molecule has 0 saturated heterocycles. The molecule has 5 nitrogen and oxygen atoms in total. The molecule has 0 aromatic heterocycles. The van der Waals surface area contributed by atoms with Crippen LogP contribution in [-0.4, -0.2) is 20.6 Å². The van der Waals surface area contributed by atoms with E-state index >= 15 is 0 Å². The molecule has 0 aliphatic heterocycles. The molecule has 6 heteroatoms. The molecule has 0 spiro atoms. The average Bonchev–Trinajstić information content (AvgIpc) is 1.83. The van der Waals surface area contributed by atoms with Gasteiger partial charge in [0.25, 0.3) is 10.1 Å². The smallest absolute Gasteiger partial charge is 0.282 e. The third kappa shape index (κ3) is 7.27. The van der Waals surface area contributed by atoms with Crippen molar-refractivity contribution in [1.82, 2.24) is 0 Å². The Hall–Kier alpha value is -0.620. The Kier molecular flexibility index (Phi) is 4.06. The van der Waals surface area contributed by atoms with Gasteiger partial charge in [-0.05, 0) is 6.42 Å². The summed E-state index contributed by atoms with van der Waals surface area (Å²) < 4.78 is 24.2. The summed E-state index contributed by atoms with van der Waals surface area (Å²) >= 11 is 0. The van der Waals surface area contributed by atoms with Gasteiger partial charge in [-0.2, -0.15) is 8.42 Å². The molecule has 0 fully saturated rings. The maximum Gasteiger partial charge on any atom is 0.343 e. The first-order chi connectivity index (χ1) is 4.95. The second kappa shape index (κ2) is 4.30. The molecular formula is C5H10O5S. The van der Waals surface area contributed by atoms with E-state index in [2.05, 4.69) is 9.22 Å². The Labute approximate surface area is 65.4 Å². The van der Waals surface area contributed by atoms with Gasteiger partial charge in [0.05, 0.1) is 6.26 Å². The van der Waals surface area contributed by atoms with Gasteiger partial charge in [-0.1, -0.05) is 11.3 Å². The third-order valence-corrected chi connectivity index (χ3v) is 1.02. The highest BCUT2D eigenvalue weighted by Gasteiger charge is 2.07. The molecule has 0 atom stereocenters. The van der Waals surface area contributed by atoms with E-state index in [-0.39, 0.29) is 6.42 Å². The minimum atomic E-state index is -3.68.